The minimum Gasteiger partial charge on any atom is -0.299 e. The largest absolute Gasteiger partial charge is 0.299 e. The van der Waals surface area contributed by atoms with Crippen molar-refractivity contribution >= 4 is 5.78 Å². The number of pyridine rings is 1. The first-order chi connectivity index (χ1) is 8.20. The van der Waals surface area contributed by atoms with Gasteiger partial charge in [0.2, 0.25) is 0 Å². The van der Waals surface area contributed by atoms with Crippen LogP contribution in [0.5, 0.6) is 0 Å². The van der Waals surface area contributed by atoms with Crippen LogP contribution in [0, 0.1) is 5.92 Å². The normalized spacial score (nSPS) is 21.8. The third-order valence-electron chi connectivity index (χ3n) is 3.49. The third-order valence-corrected chi connectivity index (χ3v) is 3.49. The lowest BCUT2D eigenvalue weighted by atomic mass is 9.98. The molecule has 3 heteroatoms. The minimum absolute atomic E-state index is 0.178. The van der Waals surface area contributed by atoms with Crippen LogP contribution in [-0.2, 0) is 17.8 Å². The second-order valence-electron chi connectivity index (χ2n) is 4.82. The van der Waals surface area contributed by atoms with Gasteiger partial charge < -0.3 is 0 Å². The van der Waals surface area contributed by atoms with Gasteiger partial charge in [0.1, 0.15) is 5.78 Å². The van der Waals surface area contributed by atoms with Crippen molar-refractivity contribution in [3.8, 4) is 0 Å². The summed E-state index contributed by atoms with van der Waals surface area (Å²) in [5.41, 5.74) is 2.48. The van der Waals surface area contributed by atoms with E-state index in [9.17, 15) is 4.79 Å². The molecule has 1 aromatic rings. The van der Waals surface area contributed by atoms with E-state index in [1.54, 1.807) is 0 Å². The van der Waals surface area contributed by atoms with Crippen LogP contribution in [0.25, 0.3) is 0 Å². The smallest absolute Gasteiger partial charge is 0.138 e. The first kappa shape index (κ1) is 12.2. The van der Waals surface area contributed by atoms with Gasteiger partial charge in [0.25, 0.3) is 0 Å². The highest BCUT2D eigenvalue weighted by molar-refractivity contribution is 5.81. The Hall–Kier alpha value is -1.22. The monoisotopic (exact) mass is 232 g/mol. The third kappa shape index (κ3) is 2.91. The lowest BCUT2D eigenvalue weighted by molar-refractivity contribution is -0.125. The predicted octanol–water partition coefficient (Wildman–Crippen LogP) is 2.05. The number of carbonyl (C=O) groups excluding carboxylic acids is 1. The second-order valence-corrected chi connectivity index (χ2v) is 4.82. The molecule has 1 aliphatic heterocycles. The Labute approximate surface area is 103 Å². The summed E-state index contributed by atoms with van der Waals surface area (Å²) in [6, 6.07) is 4.13. The van der Waals surface area contributed by atoms with E-state index in [4.69, 9.17) is 0 Å². The molecule has 2 rings (SSSR count). The maximum atomic E-state index is 11.5. The molecule has 3 nitrogen and oxygen atoms in total. The molecular weight excluding hydrogens is 212 g/mol. The summed E-state index contributed by atoms with van der Waals surface area (Å²) in [7, 11) is 0. The SMILES string of the molecule is CCc1cccnc1CN1CCC(=O)C(C)C1. The van der Waals surface area contributed by atoms with Gasteiger partial charge in [-0.05, 0) is 18.1 Å². The quantitative estimate of drug-likeness (QED) is 0.799. The molecule has 92 valence electrons. The van der Waals surface area contributed by atoms with Gasteiger partial charge >= 0.3 is 0 Å². The molecule has 1 aliphatic rings. The first-order valence-electron chi connectivity index (χ1n) is 6.38. The first-order valence-corrected chi connectivity index (χ1v) is 6.38. The van der Waals surface area contributed by atoms with Crippen LogP contribution in [0.4, 0.5) is 0 Å². The fraction of sp³-hybridized carbons (Fsp3) is 0.571. The van der Waals surface area contributed by atoms with Crippen molar-refractivity contribution in [2.45, 2.75) is 33.2 Å². The molecule has 0 aliphatic carbocycles. The van der Waals surface area contributed by atoms with Crippen LogP contribution in [0.2, 0.25) is 0 Å². The lowest BCUT2D eigenvalue weighted by Gasteiger charge is -2.30. The molecule has 1 fully saturated rings. The number of aromatic nitrogens is 1. The van der Waals surface area contributed by atoms with Crippen LogP contribution in [0.15, 0.2) is 18.3 Å². The van der Waals surface area contributed by atoms with Gasteiger partial charge in [-0.2, -0.15) is 0 Å². The van der Waals surface area contributed by atoms with Crippen LogP contribution in [0.1, 0.15) is 31.5 Å². The van der Waals surface area contributed by atoms with Gasteiger partial charge in [-0.25, -0.2) is 0 Å². The predicted molar refractivity (Wildman–Crippen MR) is 67.7 cm³/mol. The zero-order chi connectivity index (χ0) is 12.3. The zero-order valence-corrected chi connectivity index (χ0v) is 10.6. The number of piperidine rings is 1. The number of rotatable bonds is 3. The highest BCUT2D eigenvalue weighted by atomic mass is 16.1. The molecule has 0 aromatic carbocycles. The lowest BCUT2D eigenvalue weighted by Crippen LogP contribution is -2.39. The van der Waals surface area contributed by atoms with E-state index in [-0.39, 0.29) is 5.92 Å². The van der Waals surface area contributed by atoms with Crippen LogP contribution < -0.4 is 0 Å². The Morgan fingerprint density at radius 3 is 3.06 bits per heavy atom. The molecule has 1 unspecified atom stereocenters. The Kier molecular flexibility index (Phi) is 3.89. The summed E-state index contributed by atoms with van der Waals surface area (Å²) in [6.07, 6.45) is 3.56. The highest BCUT2D eigenvalue weighted by Gasteiger charge is 2.23. The summed E-state index contributed by atoms with van der Waals surface area (Å²) in [4.78, 5) is 18.3. The van der Waals surface area contributed by atoms with Crippen molar-refractivity contribution in [1.82, 2.24) is 9.88 Å². The van der Waals surface area contributed by atoms with Crippen LogP contribution in [-0.4, -0.2) is 28.8 Å². The number of hydrogen-bond donors (Lipinski definition) is 0. The average Bonchev–Trinajstić information content (AvgIpc) is 2.34. The fourth-order valence-electron chi connectivity index (χ4n) is 2.39. The van der Waals surface area contributed by atoms with Gasteiger partial charge in [-0.1, -0.05) is 19.9 Å². The summed E-state index contributed by atoms with van der Waals surface area (Å²) in [5, 5.41) is 0. The fourth-order valence-corrected chi connectivity index (χ4v) is 2.39. The van der Waals surface area contributed by atoms with Gasteiger partial charge in [-0.15, -0.1) is 0 Å². The number of aryl methyl sites for hydroxylation is 1. The minimum atomic E-state index is 0.178. The Balaban J connectivity index is 2.03. The van der Waals surface area contributed by atoms with Crippen molar-refractivity contribution in [3.05, 3.63) is 29.6 Å². The van der Waals surface area contributed by atoms with Crippen LogP contribution >= 0.6 is 0 Å². The number of Topliss-reactive ketones (excluding diaryl/α,β-unsaturated/α-hetero) is 1. The highest BCUT2D eigenvalue weighted by Crippen LogP contribution is 2.16. The van der Waals surface area contributed by atoms with Crippen molar-refractivity contribution in [1.29, 1.82) is 0 Å². The van der Waals surface area contributed by atoms with Gasteiger partial charge in [0.05, 0.1) is 5.69 Å². The van der Waals surface area contributed by atoms with Crippen molar-refractivity contribution in [3.63, 3.8) is 0 Å². The topological polar surface area (TPSA) is 33.2 Å². The van der Waals surface area contributed by atoms with Crippen molar-refractivity contribution < 1.29 is 4.79 Å². The summed E-state index contributed by atoms with van der Waals surface area (Å²) in [5.74, 6) is 0.579. The van der Waals surface area contributed by atoms with E-state index < -0.39 is 0 Å². The van der Waals surface area contributed by atoms with E-state index in [0.717, 1.165) is 31.7 Å². The maximum Gasteiger partial charge on any atom is 0.138 e. The van der Waals surface area contributed by atoms with Crippen molar-refractivity contribution in [2.24, 2.45) is 5.92 Å². The molecule has 0 bridgehead atoms. The summed E-state index contributed by atoms with van der Waals surface area (Å²) < 4.78 is 0. The second kappa shape index (κ2) is 5.41. The number of likely N-dealkylation sites (tertiary alicyclic amines) is 1. The number of hydrogen-bond acceptors (Lipinski definition) is 3. The molecule has 17 heavy (non-hydrogen) atoms. The molecule has 0 radical (unpaired) electrons. The van der Waals surface area contributed by atoms with Crippen molar-refractivity contribution in [2.75, 3.05) is 13.1 Å². The Morgan fingerprint density at radius 1 is 1.53 bits per heavy atom. The Bertz CT molecular complexity index is 403. The van der Waals surface area contributed by atoms with E-state index in [2.05, 4.69) is 22.9 Å². The molecule has 2 heterocycles. The van der Waals surface area contributed by atoms with E-state index >= 15 is 0 Å². The van der Waals surface area contributed by atoms with Gasteiger partial charge in [0, 0.05) is 38.2 Å². The number of carbonyl (C=O) groups is 1. The summed E-state index contributed by atoms with van der Waals surface area (Å²) in [6.45, 7) is 6.81. The average molecular weight is 232 g/mol. The van der Waals surface area contributed by atoms with E-state index in [0.29, 0.717) is 12.2 Å². The molecule has 1 aromatic heterocycles. The molecule has 0 amide bonds. The Morgan fingerprint density at radius 2 is 2.35 bits per heavy atom. The molecule has 0 N–H and O–H groups in total. The molecule has 1 atom stereocenters. The molecule has 1 saturated heterocycles. The van der Waals surface area contributed by atoms with E-state index in [1.807, 2.05) is 19.2 Å². The van der Waals surface area contributed by atoms with E-state index in [1.165, 1.54) is 5.56 Å². The number of nitrogens with zero attached hydrogens (tertiary/aromatic N) is 2. The standard InChI is InChI=1S/C14H20N2O/c1-3-12-5-4-7-15-13(12)10-16-8-6-14(17)11(2)9-16/h4-5,7,11H,3,6,8-10H2,1-2H3. The number of ketones is 1. The van der Waals surface area contributed by atoms with Gasteiger partial charge in [0.15, 0.2) is 0 Å². The molecule has 0 saturated carbocycles. The maximum absolute atomic E-state index is 11.5. The van der Waals surface area contributed by atoms with Gasteiger partial charge in [-0.3, -0.25) is 14.7 Å². The zero-order valence-electron chi connectivity index (χ0n) is 10.6. The van der Waals surface area contributed by atoms with Crippen LogP contribution in [0.3, 0.4) is 0 Å². The molecule has 0 spiro atoms. The molecular formula is C14H20N2O. The summed E-state index contributed by atoms with van der Waals surface area (Å²) >= 11 is 0.